The van der Waals surface area contributed by atoms with E-state index in [1.807, 2.05) is 18.2 Å². The van der Waals surface area contributed by atoms with E-state index in [1.54, 1.807) is 7.11 Å². The maximum absolute atomic E-state index is 12.3. The average Bonchev–Trinajstić information content (AvgIpc) is 2.46. The molecule has 1 aromatic carbocycles. The van der Waals surface area contributed by atoms with Crippen LogP contribution in [0.1, 0.15) is 44.1 Å². The number of benzene rings is 1. The predicted molar refractivity (Wildman–Crippen MR) is 79.3 cm³/mol. The minimum Gasteiger partial charge on any atom is -0.497 e. The molecule has 104 valence electrons. The van der Waals surface area contributed by atoms with Crippen LogP contribution < -0.4 is 4.74 Å². The first-order valence-corrected chi connectivity index (χ1v) is 7.13. The van der Waals surface area contributed by atoms with Gasteiger partial charge in [0.05, 0.1) is 7.11 Å². The minimum atomic E-state index is 0.144. The maximum Gasteiger partial charge on any atom is 0.161 e. The topological polar surface area (TPSA) is 38.7 Å². The lowest BCUT2D eigenvalue weighted by Crippen LogP contribution is -2.23. The summed E-state index contributed by atoms with van der Waals surface area (Å²) in [6.45, 7) is 2.05. The van der Waals surface area contributed by atoms with Crippen LogP contribution in [-0.2, 0) is 4.79 Å². The molecule has 20 heavy (non-hydrogen) atoms. The van der Waals surface area contributed by atoms with Gasteiger partial charge in [0.25, 0.3) is 0 Å². The molecule has 1 heterocycles. The number of methoxy groups -OCH3 is 1. The molecule has 2 aliphatic rings. The SMILES string of the molecule is COc1cccc(C2CC(C)=NC3=C2C(=O)CCC3)c1. The number of ketones is 1. The standard InChI is InChI=1S/C17H19NO2/c1-11-9-14(12-5-3-6-13(10-12)20-2)17-15(18-11)7-4-8-16(17)19/h3,5-6,10,14H,4,7-9H2,1-2H3. The summed E-state index contributed by atoms with van der Waals surface area (Å²) < 4.78 is 5.30. The van der Waals surface area contributed by atoms with Crippen LogP contribution >= 0.6 is 0 Å². The van der Waals surface area contributed by atoms with Crippen molar-refractivity contribution in [2.45, 2.75) is 38.5 Å². The third-order valence-corrected chi connectivity index (χ3v) is 4.10. The summed E-state index contributed by atoms with van der Waals surface area (Å²) in [5.41, 5.74) is 4.22. The largest absolute Gasteiger partial charge is 0.497 e. The normalized spacial score (nSPS) is 22.4. The minimum absolute atomic E-state index is 0.144. The molecule has 0 bridgehead atoms. The van der Waals surface area contributed by atoms with E-state index in [1.165, 1.54) is 0 Å². The van der Waals surface area contributed by atoms with Gasteiger partial charge in [-0.15, -0.1) is 0 Å². The average molecular weight is 269 g/mol. The van der Waals surface area contributed by atoms with Crippen LogP contribution in [0, 0.1) is 0 Å². The second kappa shape index (κ2) is 5.23. The molecule has 0 aromatic heterocycles. The molecule has 0 spiro atoms. The monoisotopic (exact) mass is 269 g/mol. The van der Waals surface area contributed by atoms with Gasteiger partial charge < -0.3 is 4.74 Å². The van der Waals surface area contributed by atoms with Gasteiger partial charge in [-0.3, -0.25) is 9.79 Å². The molecule has 1 atom stereocenters. The molecule has 0 fully saturated rings. The van der Waals surface area contributed by atoms with E-state index in [9.17, 15) is 4.79 Å². The Morgan fingerprint density at radius 3 is 2.95 bits per heavy atom. The van der Waals surface area contributed by atoms with Gasteiger partial charge >= 0.3 is 0 Å². The Morgan fingerprint density at radius 2 is 2.15 bits per heavy atom. The van der Waals surface area contributed by atoms with E-state index in [-0.39, 0.29) is 11.7 Å². The van der Waals surface area contributed by atoms with E-state index in [4.69, 9.17) is 4.74 Å². The maximum atomic E-state index is 12.3. The summed E-state index contributed by atoms with van der Waals surface area (Å²) in [7, 11) is 1.67. The highest BCUT2D eigenvalue weighted by molar-refractivity contribution is 6.01. The number of hydrogen-bond donors (Lipinski definition) is 0. The molecule has 0 saturated heterocycles. The lowest BCUT2D eigenvalue weighted by Gasteiger charge is -2.29. The fraction of sp³-hybridized carbons (Fsp3) is 0.412. The van der Waals surface area contributed by atoms with Gasteiger partial charge in [0.2, 0.25) is 0 Å². The number of aliphatic imine (C=N–C) groups is 1. The Kier molecular flexibility index (Phi) is 3.43. The quantitative estimate of drug-likeness (QED) is 0.822. The van der Waals surface area contributed by atoms with Crippen molar-refractivity contribution < 1.29 is 9.53 Å². The van der Waals surface area contributed by atoms with Gasteiger partial charge in [-0.05, 0) is 43.9 Å². The second-order valence-electron chi connectivity index (χ2n) is 5.52. The zero-order valence-electron chi connectivity index (χ0n) is 12.0. The Hall–Kier alpha value is -1.90. The van der Waals surface area contributed by atoms with Crippen LogP contribution in [-0.4, -0.2) is 18.6 Å². The van der Waals surface area contributed by atoms with Crippen molar-refractivity contribution in [3.8, 4) is 5.75 Å². The molecule has 1 aliphatic carbocycles. The number of hydrogen-bond acceptors (Lipinski definition) is 3. The molecule has 0 saturated carbocycles. The van der Waals surface area contributed by atoms with Gasteiger partial charge in [-0.2, -0.15) is 0 Å². The van der Waals surface area contributed by atoms with Crippen LogP contribution in [0.3, 0.4) is 0 Å². The highest BCUT2D eigenvalue weighted by atomic mass is 16.5. The molecule has 1 aliphatic heterocycles. The van der Waals surface area contributed by atoms with Crippen LogP contribution in [0.2, 0.25) is 0 Å². The molecule has 3 nitrogen and oxygen atoms in total. The van der Waals surface area contributed by atoms with Gasteiger partial charge in [0.15, 0.2) is 5.78 Å². The molecule has 1 aromatic rings. The van der Waals surface area contributed by atoms with Crippen molar-refractivity contribution in [3.63, 3.8) is 0 Å². The van der Waals surface area contributed by atoms with Crippen molar-refractivity contribution in [2.24, 2.45) is 4.99 Å². The zero-order chi connectivity index (χ0) is 14.1. The van der Waals surface area contributed by atoms with E-state index in [0.717, 1.165) is 47.6 Å². The van der Waals surface area contributed by atoms with Crippen molar-refractivity contribution in [1.82, 2.24) is 0 Å². The summed E-state index contributed by atoms with van der Waals surface area (Å²) in [5, 5.41) is 0. The first-order chi connectivity index (χ1) is 9.69. The second-order valence-corrected chi connectivity index (χ2v) is 5.52. The Labute approximate surface area is 119 Å². The molecule has 1 unspecified atom stereocenters. The molecule has 0 radical (unpaired) electrons. The molecule has 0 amide bonds. The third kappa shape index (κ3) is 2.28. The Bertz CT molecular complexity index is 613. The summed E-state index contributed by atoms with van der Waals surface area (Å²) in [4.78, 5) is 16.9. The molecule has 3 heteroatoms. The summed E-state index contributed by atoms with van der Waals surface area (Å²) in [6, 6.07) is 8.04. The lowest BCUT2D eigenvalue weighted by molar-refractivity contribution is -0.116. The Balaban J connectivity index is 2.06. The summed E-state index contributed by atoms with van der Waals surface area (Å²) in [5.74, 6) is 1.26. The highest BCUT2D eigenvalue weighted by Crippen LogP contribution is 2.40. The van der Waals surface area contributed by atoms with Gasteiger partial charge in [0.1, 0.15) is 5.75 Å². The predicted octanol–water partition coefficient (Wildman–Crippen LogP) is 3.65. The molecular formula is C17H19NO2. The number of nitrogens with zero attached hydrogens (tertiary/aromatic N) is 1. The first kappa shape index (κ1) is 13.1. The summed E-state index contributed by atoms with van der Waals surface area (Å²) in [6.07, 6.45) is 3.35. The lowest BCUT2D eigenvalue weighted by atomic mass is 9.78. The number of ether oxygens (including phenoxy) is 1. The first-order valence-electron chi connectivity index (χ1n) is 7.13. The van der Waals surface area contributed by atoms with E-state index in [0.29, 0.717) is 6.42 Å². The fourth-order valence-electron chi connectivity index (χ4n) is 3.17. The molecule has 3 rings (SSSR count). The van der Waals surface area contributed by atoms with E-state index >= 15 is 0 Å². The number of Topliss-reactive ketones (excluding diaryl/α,β-unsaturated/α-hetero) is 1. The van der Waals surface area contributed by atoms with E-state index < -0.39 is 0 Å². The Morgan fingerprint density at radius 1 is 1.30 bits per heavy atom. The van der Waals surface area contributed by atoms with Crippen LogP contribution in [0.5, 0.6) is 5.75 Å². The molecule has 0 N–H and O–H groups in total. The van der Waals surface area contributed by atoms with Gasteiger partial charge in [-0.1, -0.05) is 12.1 Å². The van der Waals surface area contributed by atoms with E-state index in [2.05, 4.69) is 18.0 Å². The van der Waals surface area contributed by atoms with Crippen molar-refractivity contribution >= 4 is 11.5 Å². The van der Waals surface area contributed by atoms with Crippen LogP contribution in [0.15, 0.2) is 40.5 Å². The molecular weight excluding hydrogens is 250 g/mol. The number of rotatable bonds is 2. The highest BCUT2D eigenvalue weighted by Gasteiger charge is 2.32. The number of allylic oxidation sites excluding steroid dienone is 2. The summed E-state index contributed by atoms with van der Waals surface area (Å²) >= 11 is 0. The van der Waals surface area contributed by atoms with Crippen molar-refractivity contribution in [1.29, 1.82) is 0 Å². The van der Waals surface area contributed by atoms with Crippen molar-refractivity contribution in [3.05, 3.63) is 41.1 Å². The smallest absolute Gasteiger partial charge is 0.161 e. The van der Waals surface area contributed by atoms with Gasteiger partial charge in [-0.25, -0.2) is 0 Å². The zero-order valence-corrected chi connectivity index (χ0v) is 12.0. The fourth-order valence-corrected chi connectivity index (χ4v) is 3.17. The van der Waals surface area contributed by atoms with Crippen molar-refractivity contribution in [2.75, 3.05) is 7.11 Å². The number of carbonyl (C=O) groups is 1. The van der Waals surface area contributed by atoms with Crippen LogP contribution in [0.25, 0.3) is 0 Å². The van der Waals surface area contributed by atoms with Gasteiger partial charge in [0, 0.05) is 29.3 Å². The van der Waals surface area contributed by atoms with Crippen LogP contribution in [0.4, 0.5) is 0 Å². The number of carbonyl (C=O) groups excluding carboxylic acids is 1. The third-order valence-electron chi connectivity index (χ3n) is 4.10.